The second-order valence-corrected chi connectivity index (χ2v) is 4.81. The lowest BCUT2D eigenvalue weighted by atomic mass is 10.2. The molecule has 0 heterocycles. The van der Waals surface area contributed by atoms with Crippen molar-refractivity contribution in [1.82, 2.24) is 0 Å². The molecule has 0 amide bonds. The number of anilines is 1. The number of hydrogen-bond donors (Lipinski definition) is 2. The van der Waals surface area contributed by atoms with Crippen LogP contribution in [0, 0.1) is 0 Å². The fourth-order valence-electron chi connectivity index (χ4n) is 1.95. The maximum atomic E-state index is 9.88. The zero-order valence-electron chi connectivity index (χ0n) is 12.0. The number of benzene rings is 2. The van der Waals surface area contributed by atoms with Crippen LogP contribution < -0.4 is 14.8 Å². The highest BCUT2D eigenvalue weighted by atomic mass is 35.5. The fraction of sp³-hybridized carbons (Fsp3) is 0.250. The first kappa shape index (κ1) is 15.3. The average Bonchev–Trinajstić information content (AvgIpc) is 2.49. The lowest BCUT2D eigenvalue weighted by Gasteiger charge is -2.13. The summed E-state index contributed by atoms with van der Waals surface area (Å²) in [6.45, 7) is 2.95. The van der Waals surface area contributed by atoms with E-state index < -0.39 is 0 Å². The molecule has 2 rings (SSSR count). The first-order valence-corrected chi connectivity index (χ1v) is 7.04. The minimum absolute atomic E-state index is 0.102. The molecular formula is C16H18ClNO3. The Morgan fingerprint density at radius 2 is 2.00 bits per heavy atom. The molecule has 0 fully saturated rings. The molecule has 0 saturated carbocycles. The largest absolute Gasteiger partial charge is 0.506 e. The number of hydrogen-bond acceptors (Lipinski definition) is 4. The van der Waals surface area contributed by atoms with Gasteiger partial charge >= 0.3 is 0 Å². The Morgan fingerprint density at radius 3 is 2.71 bits per heavy atom. The van der Waals surface area contributed by atoms with Gasteiger partial charge in [-0.2, -0.15) is 0 Å². The summed E-state index contributed by atoms with van der Waals surface area (Å²) in [6.07, 6.45) is 0. The molecule has 0 saturated heterocycles. The number of nitrogens with one attached hydrogen (secondary N) is 1. The molecule has 2 aromatic carbocycles. The number of phenolic OH excluding ortho intramolecular Hbond substituents is 1. The molecule has 2 aromatic rings. The van der Waals surface area contributed by atoms with Crippen LogP contribution in [0.2, 0.25) is 5.02 Å². The van der Waals surface area contributed by atoms with Crippen molar-refractivity contribution in [3.8, 4) is 17.2 Å². The molecule has 0 aliphatic carbocycles. The predicted octanol–water partition coefficient (Wildman–Crippen LogP) is 4.07. The Balaban J connectivity index is 2.13. The zero-order valence-corrected chi connectivity index (χ0v) is 12.8. The van der Waals surface area contributed by atoms with Crippen LogP contribution in [0.3, 0.4) is 0 Å². The molecule has 0 aliphatic rings. The van der Waals surface area contributed by atoms with E-state index in [4.69, 9.17) is 21.1 Å². The van der Waals surface area contributed by atoms with Gasteiger partial charge in [-0.1, -0.05) is 23.7 Å². The van der Waals surface area contributed by atoms with Gasteiger partial charge in [-0.25, -0.2) is 0 Å². The van der Waals surface area contributed by atoms with Crippen LogP contribution in [-0.2, 0) is 6.54 Å². The second kappa shape index (κ2) is 7.09. The van der Waals surface area contributed by atoms with Gasteiger partial charge < -0.3 is 19.9 Å². The number of para-hydroxylation sites is 1. The van der Waals surface area contributed by atoms with Gasteiger partial charge in [0, 0.05) is 23.9 Å². The third-order valence-electron chi connectivity index (χ3n) is 3.02. The zero-order chi connectivity index (χ0) is 15.2. The maximum Gasteiger partial charge on any atom is 0.163 e. The molecule has 5 heteroatoms. The van der Waals surface area contributed by atoms with Crippen LogP contribution in [0.4, 0.5) is 5.69 Å². The summed E-state index contributed by atoms with van der Waals surface area (Å²) in [5.74, 6) is 1.47. The van der Waals surface area contributed by atoms with Gasteiger partial charge in [-0.3, -0.25) is 0 Å². The average molecular weight is 308 g/mol. The quantitative estimate of drug-likeness (QED) is 0.845. The molecule has 0 aliphatic heterocycles. The van der Waals surface area contributed by atoms with Gasteiger partial charge in [0.1, 0.15) is 5.75 Å². The van der Waals surface area contributed by atoms with Gasteiger partial charge in [-0.05, 0) is 25.1 Å². The molecule has 0 spiro atoms. The first-order valence-electron chi connectivity index (χ1n) is 6.66. The van der Waals surface area contributed by atoms with Crippen molar-refractivity contribution in [2.24, 2.45) is 0 Å². The summed E-state index contributed by atoms with van der Waals surface area (Å²) in [6, 6.07) is 10.9. The van der Waals surface area contributed by atoms with Crippen molar-refractivity contribution in [2.45, 2.75) is 13.5 Å². The molecule has 0 aromatic heterocycles. The van der Waals surface area contributed by atoms with Crippen LogP contribution in [0.25, 0.3) is 0 Å². The van der Waals surface area contributed by atoms with E-state index in [2.05, 4.69) is 5.32 Å². The standard InChI is InChI=1S/C16H18ClNO3/c1-3-21-15-9-12(7-8-14(15)20-2)18-10-11-5-4-6-13(17)16(11)19/h4-9,18-19H,3,10H2,1-2H3. The number of methoxy groups -OCH3 is 1. The number of ether oxygens (including phenoxy) is 2. The molecule has 0 bridgehead atoms. The minimum atomic E-state index is 0.102. The number of rotatable bonds is 6. The lowest BCUT2D eigenvalue weighted by molar-refractivity contribution is 0.311. The Morgan fingerprint density at radius 1 is 1.19 bits per heavy atom. The summed E-state index contributed by atoms with van der Waals surface area (Å²) in [7, 11) is 1.61. The van der Waals surface area contributed by atoms with E-state index in [9.17, 15) is 5.11 Å². The second-order valence-electron chi connectivity index (χ2n) is 4.40. The third kappa shape index (κ3) is 3.73. The van der Waals surface area contributed by atoms with Crippen molar-refractivity contribution in [2.75, 3.05) is 19.0 Å². The van der Waals surface area contributed by atoms with E-state index in [0.29, 0.717) is 29.7 Å². The molecule has 0 atom stereocenters. The Bertz CT molecular complexity index is 616. The summed E-state index contributed by atoms with van der Waals surface area (Å²) in [5.41, 5.74) is 1.61. The van der Waals surface area contributed by atoms with Crippen molar-refractivity contribution < 1.29 is 14.6 Å². The van der Waals surface area contributed by atoms with E-state index in [-0.39, 0.29) is 5.75 Å². The predicted molar refractivity (Wildman–Crippen MR) is 84.6 cm³/mol. The highest BCUT2D eigenvalue weighted by molar-refractivity contribution is 6.32. The van der Waals surface area contributed by atoms with E-state index in [1.807, 2.05) is 31.2 Å². The minimum Gasteiger partial charge on any atom is -0.506 e. The third-order valence-corrected chi connectivity index (χ3v) is 3.32. The van der Waals surface area contributed by atoms with Gasteiger partial charge in [0.05, 0.1) is 18.7 Å². The first-order chi connectivity index (χ1) is 10.2. The molecule has 4 nitrogen and oxygen atoms in total. The number of phenols is 1. The summed E-state index contributed by atoms with van der Waals surface area (Å²) < 4.78 is 10.8. The van der Waals surface area contributed by atoms with Gasteiger partial charge in [-0.15, -0.1) is 0 Å². The molecule has 112 valence electrons. The van der Waals surface area contributed by atoms with Crippen LogP contribution in [-0.4, -0.2) is 18.8 Å². The Labute approximate surface area is 129 Å². The normalized spacial score (nSPS) is 10.2. The lowest BCUT2D eigenvalue weighted by Crippen LogP contribution is -2.01. The Kier molecular flexibility index (Phi) is 5.17. The van der Waals surface area contributed by atoms with E-state index in [1.54, 1.807) is 19.2 Å². The van der Waals surface area contributed by atoms with Gasteiger partial charge in [0.15, 0.2) is 11.5 Å². The highest BCUT2D eigenvalue weighted by Crippen LogP contribution is 2.31. The van der Waals surface area contributed by atoms with Crippen molar-refractivity contribution >= 4 is 17.3 Å². The van der Waals surface area contributed by atoms with E-state index >= 15 is 0 Å². The summed E-state index contributed by atoms with van der Waals surface area (Å²) >= 11 is 5.89. The molecule has 2 N–H and O–H groups in total. The van der Waals surface area contributed by atoms with Crippen LogP contribution >= 0.6 is 11.6 Å². The van der Waals surface area contributed by atoms with Crippen LogP contribution in [0.15, 0.2) is 36.4 Å². The van der Waals surface area contributed by atoms with E-state index in [0.717, 1.165) is 11.3 Å². The monoisotopic (exact) mass is 307 g/mol. The van der Waals surface area contributed by atoms with Crippen LogP contribution in [0.5, 0.6) is 17.2 Å². The van der Waals surface area contributed by atoms with Crippen molar-refractivity contribution in [3.63, 3.8) is 0 Å². The topological polar surface area (TPSA) is 50.7 Å². The molecule has 21 heavy (non-hydrogen) atoms. The van der Waals surface area contributed by atoms with Gasteiger partial charge in [0.2, 0.25) is 0 Å². The molecule has 0 radical (unpaired) electrons. The summed E-state index contributed by atoms with van der Waals surface area (Å²) in [5, 5.41) is 13.5. The number of aromatic hydroxyl groups is 1. The maximum absolute atomic E-state index is 9.88. The van der Waals surface area contributed by atoms with Crippen molar-refractivity contribution in [1.29, 1.82) is 0 Å². The SMILES string of the molecule is CCOc1cc(NCc2cccc(Cl)c2O)ccc1OC. The summed E-state index contributed by atoms with van der Waals surface area (Å²) in [4.78, 5) is 0. The smallest absolute Gasteiger partial charge is 0.163 e. The molecule has 0 unspecified atom stereocenters. The number of halogens is 1. The fourth-order valence-corrected chi connectivity index (χ4v) is 2.15. The van der Waals surface area contributed by atoms with Crippen LogP contribution in [0.1, 0.15) is 12.5 Å². The Hall–Kier alpha value is -2.07. The van der Waals surface area contributed by atoms with E-state index in [1.165, 1.54) is 0 Å². The van der Waals surface area contributed by atoms with Crippen molar-refractivity contribution in [3.05, 3.63) is 47.0 Å². The van der Waals surface area contributed by atoms with Gasteiger partial charge in [0.25, 0.3) is 0 Å². The molecular weight excluding hydrogens is 290 g/mol. The highest BCUT2D eigenvalue weighted by Gasteiger charge is 2.07.